The van der Waals surface area contributed by atoms with Gasteiger partial charge in [0, 0.05) is 12.5 Å². The van der Waals surface area contributed by atoms with Crippen molar-refractivity contribution in [3.05, 3.63) is 0 Å². The van der Waals surface area contributed by atoms with Crippen LogP contribution in [0.1, 0.15) is 65.7 Å². The number of hydrogen-bond acceptors (Lipinski definition) is 1. The van der Waals surface area contributed by atoms with E-state index in [4.69, 9.17) is 6.42 Å². The second-order valence-corrected chi connectivity index (χ2v) is 4.64. The first-order valence-corrected chi connectivity index (χ1v) is 6.96. The van der Waals surface area contributed by atoms with E-state index in [1.807, 2.05) is 0 Å². The van der Waals surface area contributed by atoms with Crippen LogP contribution in [0.2, 0.25) is 0 Å². The van der Waals surface area contributed by atoms with Gasteiger partial charge in [-0.15, -0.1) is 12.3 Å². The van der Waals surface area contributed by atoms with Gasteiger partial charge in [-0.25, -0.2) is 0 Å². The van der Waals surface area contributed by atoms with Gasteiger partial charge in [-0.3, -0.25) is 0 Å². The average molecular weight is 223 g/mol. The van der Waals surface area contributed by atoms with Crippen LogP contribution in [0.15, 0.2) is 0 Å². The topological polar surface area (TPSA) is 12.0 Å². The van der Waals surface area contributed by atoms with Crippen molar-refractivity contribution in [2.24, 2.45) is 5.92 Å². The fraction of sp³-hybridized carbons (Fsp3) is 0.867. The summed E-state index contributed by atoms with van der Waals surface area (Å²) in [4.78, 5) is 0. The lowest BCUT2D eigenvalue weighted by Crippen LogP contribution is -2.36. The van der Waals surface area contributed by atoms with Crippen molar-refractivity contribution in [3.8, 4) is 12.3 Å². The molecule has 0 aromatic rings. The number of hydrogen-bond donors (Lipinski definition) is 1. The summed E-state index contributed by atoms with van der Waals surface area (Å²) in [5.74, 6) is 3.59. The molecular formula is C15H29N. The van der Waals surface area contributed by atoms with Gasteiger partial charge >= 0.3 is 0 Å². The van der Waals surface area contributed by atoms with Crippen molar-refractivity contribution in [1.29, 1.82) is 0 Å². The van der Waals surface area contributed by atoms with Gasteiger partial charge in [0.1, 0.15) is 0 Å². The highest BCUT2D eigenvalue weighted by Crippen LogP contribution is 2.21. The van der Waals surface area contributed by atoms with E-state index in [1.165, 1.54) is 32.1 Å². The van der Waals surface area contributed by atoms with Crippen LogP contribution in [0, 0.1) is 18.3 Å². The van der Waals surface area contributed by atoms with E-state index in [2.05, 4.69) is 32.0 Å². The minimum atomic E-state index is 0.635. The molecular weight excluding hydrogens is 194 g/mol. The van der Waals surface area contributed by atoms with Gasteiger partial charge in [0.25, 0.3) is 0 Å². The van der Waals surface area contributed by atoms with Crippen LogP contribution in [0.4, 0.5) is 0 Å². The molecule has 0 spiro atoms. The maximum absolute atomic E-state index is 5.38. The molecule has 0 saturated heterocycles. The van der Waals surface area contributed by atoms with Crippen molar-refractivity contribution in [1.82, 2.24) is 5.32 Å². The van der Waals surface area contributed by atoms with E-state index < -0.39 is 0 Å². The summed E-state index contributed by atoms with van der Waals surface area (Å²) in [5.41, 5.74) is 0. The highest BCUT2D eigenvalue weighted by atomic mass is 14.9. The normalized spacial score (nSPS) is 12.7. The summed E-state index contributed by atoms with van der Waals surface area (Å²) < 4.78 is 0. The second-order valence-electron chi connectivity index (χ2n) is 4.64. The molecule has 1 N–H and O–H groups in total. The van der Waals surface area contributed by atoms with Crippen molar-refractivity contribution in [2.75, 3.05) is 6.54 Å². The van der Waals surface area contributed by atoms with Gasteiger partial charge < -0.3 is 5.32 Å². The summed E-state index contributed by atoms with van der Waals surface area (Å²) in [6.45, 7) is 7.90. The van der Waals surface area contributed by atoms with Crippen molar-refractivity contribution in [3.63, 3.8) is 0 Å². The molecule has 1 atom stereocenters. The van der Waals surface area contributed by atoms with Gasteiger partial charge in [-0.2, -0.15) is 0 Å². The Bertz CT molecular complexity index is 174. The molecule has 94 valence electrons. The third-order valence-corrected chi connectivity index (χ3v) is 3.14. The molecule has 0 aromatic carbocycles. The monoisotopic (exact) mass is 223 g/mol. The zero-order valence-electron chi connectivity index (χ0n) is 11.4. The predicted molar refractivity (Wildman–Crippen MR) is 73.5 cm³/mol. The number of rotatable bonds is 10. The maximum atomic E-state index is 5.38. The van der Waals surface area contributed by atoms with E-state index in [0.717, 1.165) is 25.3 Å². The van der Waals surface area contributed by atoms with E-state index in [9.17, 15) is 0 Å². The highest BCUT2D eigenvalue weighted by molar-refractivity contribution is 4.87. The largest absolute Gasteiger partial charge is 0.314 e. The Kier molecular flexibility index (Phi) is 10.7. The van der Waals surface area contributed by atoms with Crippen LogP contribution in [0.3, 0.4) is 0 Å². The Morgan fingerprint density at radius 2 is 1.62 bits per heavy atom. The third kappa shape index (κ3) is 6.90. The minimum absolute atomic E-state index is 0.635. The summed E-state index contributed by atoms with van der Waals surface area (Å²) in [5, 5.41) is 3.68. The molecule has 0 fully saturated rings. The summed E-state index contributed by atoms with van der Waals surface area (Å²) in [6, 6.07) is 0.635. The lowest BCUT2D eigenvalue weighted by molar-refractivity contribution is 0.299. The molecule has 0 radical (unpaired) electrons. The molecule has 0 saturated carbocycles. The maximum Gasteiger partial charge on any atom is 0.0104 e. The van der Waals surface area contributed by atoms with Gasteiger partial charge in [0.05, 0.1) is 0 Å². The molecule has 1 heteroatoms. The number of terminal acetylenes is 1. The second kappa shape index (κ2) is 11.0. The molecule has 16 heavy (non-hydrogen) atoms. The zero-order chi connectivity index (χ0) is 12.2. The summed E-state index contributed by atoms with van der Waals surface area (Å²) >= 11 is 0. The quantitative estimate of drug-likeness (QED) is 0.552. The smallest absolute Gasteiger partial charge is 0.0104 e. The van der Waals surface area contributed by atoms with Crippen LogP contribution < -0.4 is 5.32 Å². The van der Waals surface area contributed by atoms with E-state index in [-0.39, 0.29) is 0 Å². The summed E-state index contributed by atoms with van der Waals surface area (Å²) in [7, 11) is 0. The molecule has 1 unspecified atom stereocenters. The van der Waals surface area contributed by atoms with Crippen LogP contribution in [0.25, 0.3) is 0 Å². The molecule has 0 aliphatic heterocycles. The third-order valence-electron chi connectivity index (χ3n) is 3.14. The first kappa shape index (κ1) is 15.5. The van der Waals surface area contributed by atoms with Gasteiger partial charge in [-0.1, -0.05) is 33.6 Å². The fourth-order valence-electron chi connectivity index (χ4n) is 2.36. The van der Waals surface area contributed by atoms with Gasteiger partial charge in [0.2, 0.25) is 0 Å². The van der Waals surface area contributed by atoms with Crippen LogP contribution in [-0.2, 0) is 0 Å². The lowest BCUT2D eigenvalue weighted by atomic mass is 9.87. The Labute approximate surface area is 102 Å². The predicted octanol–water partition coefficient (Wildman–Crippen LogP) is 3.98. The highest BCUT2D eigenvalue weighted by Gasteiger charge is 2.18. The molecule has 0 bridgehead atoms. The Morgan fingerprint density at radius 3 is 2.06 bits per heavy atom. The molecule has 0 heterocycles. The summed E-state index contributed by atoms with van der Waals surface area (Å²) in [6.07, 6.45) is 13.9. The van der Waals surface area contributed by atoms with Gasteiger partial charge in [-0.05, 0) is 38.1 Å². The number of nitrogens with one attached hydrogen (secondary N) is 1. The minimum Gasteiger partial charge on any atom is -0.314 e. The standard InChI is InChI=1S/C15H29N/c1-5-9-12-15(16-13-8-4)14(10-6-2)11-7-3/h1,14-16H,6-13H2,2-4H3. The van der Waals surface area contributed by atoms with Crippen molar-refractivity contribution < 1.29 is 0 Å². The molecule has 0 aliphatic rings. The Morgan fingerprint density at radius 1 is 1.00 bits per heavy atom. The van der Waals surface area contributed by atoms with Crippen molar-refractivity contribution >= 4 is 0 Å². The van der Waals surface area contributed by atoms with Crippen molar-refractivity contribution in [2.45, 2.75) is 71.8 Å². The van der Waals surface area contributed by atoms with E-state index in [0.29, 0.717) is 6.04 Å². The Hall–Kier alpha value is -0.480. The van der Waals surface area contributed by atoms with E-state index in [1.54, 1.807) is 0 Å². The molecule has 0 aliphatic carbocycles. The molecule has 0 rings (SSSR count). The van der Waals surface area contributed by atoms with Crippen LogP contribution in [-0.4, -0.2) is 12.6 Å². The van der Waals surface area contributed by atoms with Crippen LogP contribution in [0.5, 0.6) is 0 Å². The SMILES string of the molecule is C#CCCC(NCCC)C(CCC)CCC. The molecule has 0 aromatic heterocycles. The fourth-order valence-corrected chi connectivity index (χ4v) is 2.36. The zero-order valence-corrected chi connectivity index (χ0v) is 11.4. The van der Waals surface area contributed by atoms with E-state index >= 15 is 0 Å². The average Bonchev–Trinajstić information content (AvgIpc) is 2.29. The lowest BCUT2D eigenvalue weighted by Gasteiger charge is -2.27. The molecule has 0 amide bonds. The van der Waals surface area contributed by atoms with Crippen LogP contribution >= 0.6 is 0 Å². The molecule has 1 nitrogen and oxygen atoms in total. The van der Waals surface area contributed by atoms with Gasteiger partial charge in [0.15, 0.2) is 0 Å². The first-order valence-electron chi connectivity index (χ1n) is 6.96. The Balaban J connectivity index is 4.21. The first-order chi connectivity index (χ1) is 7.79.